The average Bonchev–Trinajstić information content (AvgIpc) is 2.67. The van der Waals surface area contributed by atoms with Crippen LogP contribution in [0.5, 0.6) is 0 Å². The highest BCUT2D eigenvalue weighted by Crippen LogP contribution is 2.19. The van der Waals surface area contributed by atoms with E-state index in [1.165, 1.54) is 7.11 Å². The summed E-state index contributed by atoms with van der Waals surface area (Å²) in [6, 6.07) is 15.4. The summed E-state index contributed by atoms with van der Waals surface area (Å²) in [4.78, 5) is 20.6. The number of hydrogen-bond acceptors (Lipinski definition) is 5. The van der Waals surface area contributed by atoms with Gasteiger partial charge in [-0.05, 0) is 24.6 Å². The summed E-state index contributed by atoms with van der Waals surface area (Å²) in [6.45, 7) is 2.49. The molecule has 0 amide bonds. The number of carbonyl (C=O) groups excluding carboxylic acids is 1. The van der Waals surface area contributed by atoms with E-state index in [4.69, 9.17) is 4.74 Å². The second kappa shape index (κ2) is 7.57. The van der Waals surface area contributed by atoms with Gasteiger partial charge in [-0.1, -0.05) is 36.4 Å². The fourth-order valence-electron chi connectivity index (χ4n) is 2.48. The van der Waals surface area contributed by atoms with Crippen molar-refractivity contribution in [2.24, 2.45) is 0 Å². The van der Waals surface area contributed by atoms with E-state index in [2.05, 4.69) is 15.3 Å². The minimum Gasteiger partial charge on any atom is -0.465 e. The summed E-state index contributed by atoms with van der Waals surface area (Å²) in [5.41, 5.74) is 5.11. The van der Waals surface area contributed by atoms with Crippen LogP contribution in [0.1, 0.15) is 21.6 Å². The molecule has 0 fully saturated rings. The van der Waals surface area contributed by atoms with Gasteiger partial charge in [-0.2, -0.15) is 0 Å². The third kappa shape index (κ3) is 4.01. The van der Waals surface area contributed by atoms with E-state index >= 15 is 0 Å². The molecular weight excluding hydrogens is 314 g/mol. The number of ether oxygens (including phenoxy) is 1. The van der Waals surface area contributed by atoms with Crippen LogP contribution in [0.3, 0.4) is 0 Å². The second-order valence-corrected chi connectivity index (χ2v) is 5.64. The molecule has 0 saturated heterocycles. The van der Waals surface area contributed by atoms with Crippen molar-refractivity contribution in [2.75, 3.05) is 12.4 Å². The van der Waals surface area contributed by atoms with Gasteiger partial charge in [-0.25, -0.2) is 9.78 Å². The fourth-order valence-corrected chi connectivity index (χ4v) is 2.48. The molecule has 25 heavy (non-hydrogen) atoms. The summed E-state index contributed by atoms with van der Waals surface area (Å²) < 4.78 is 4.77. The van der Waals surface area contributed by atoms with Crippen LogP contribution >= 0.6 is 0 Å². The lowest BCUT2D eigenvalue weighted by molar-refractivity contribution is 0.0601. The van der Waals surface area contributed by atoms with Gasteiger partial charge in [0.15, 0.2) is 0 Å². The van der Waals surface area contributed by atoms with Crippen LogP contribution in [0.4, 0.5) is 5.69 Å². The minimum absolute atomic E-state index is 0.353. The third-order valence-electron chi connectivity index (χ3n) is 3.87. The topological polar surface area (TPSA) is 64.1 Å². The molecule has 0 aliphatic rings. The lowest BCUT2D eigenvalue weighted by Gasteiger charge is -2.11. The number of nitrogens with one attached hydrogen (secondary N) is 1. The highest BCUT2D eigenvalue weighted by molar-refractivity contribution is 5.90. The highest BCUT2D eigenvalue weighted by Gasteiger charge is 2.08. The number of benzene rings is 2. The Kier molecular flexibility index (Phi) is 5.04. The molecule has 0 bridgehead atoms. The Bertz CT molecular complexity index is 879. The van der Waals surface area contributed by atoms with Crippen molar-refractivity contribution in [3.63, 3.8) is 0 Å². The molecule has 0 unspecified atom stereocenters. The van der Waals surface area contributed by atoms with E-state index in [-0.39, 0.29) is 5.97 Å². The summed E-state index contributed by atoms with van der Waals surface area (Å²) in [7, 11) is 1.37. The standard InChI is InChI=1S/C20H19N3O2/c1-14-8-9-16(20(24)25-2)10-18(14)22-12-17-11-21-13-19(23-17)15-6-4-3-5-7-15/h3-11,13,22H,12H2,1-2H3. The number of esters is 1. The SMILES string of the molecule is COC(=O)c1ccc(C)c(NCc2cncc(-c3ccccc3)n2)c1. The maximum atomic E-state index is 11.7. The quantitative estimate of drug-likeness (QED) is 0.719. The zero-order chi connectivity index (χ0) is 17.6. The van der Waals surface area contributed by atoms with Crippen molar-refractivity contribution >= 4 is 11.7 Å². The maximum absolute atomic E-state index is 11.7. The molecule has 3 rings (SSSR count). The predicted octanol–water partition coefficient (Wildman–Crippen LogP) is 3.85. The Morgan fingerprint density at radius 1 is 1.12 bits per heavy atom. The first-order valence-electron chi connectivity index (χ1n) is 7.96. The Balaban J connectivity index is 1.77. The summed E-state index contributed by atoms with van der Waals surface area (Å²) in [6.07, 6.45) is 3.49. The van der Waals surface area contributed by atoms with Crippen molar-refractivity contribution in [1.82, 2.24) is 9.97 Å². The van der Waals surface area contributed by atoms with Crippen molar-refractivity contribution in [1.29, 1.82) is 0 Å². The van der Waals surface area contributed by atoms with Gasteiger partial charge in [0.25, 0.3) is 0 Å². The van der Waals surface area contributed by atoms with Crippen LogP contribution in [-0.4, -0.2) is 23.0 Å². The number of anilines is 1. The van der Waals surface area contributed by atoms with Gasteiger partial charge in [-0.15, -0.1) is 0 Å². The van der Waals surface area contributed by atoms with E-state index in [1.807, 2.05) is 43.3 Å². The molecule has 1 aromatic heterocycles. The molecule has 3 aromatic rings. The van der Waals surface area contributed by atoms with Gasteiger partial charge in [0.05, 0.1) is 43.0 Å². The molecule has 126 valence electrons. The second-order valence-electron chi connectivity index (χ2n) is 5.64. The maximum Gasteiger partial charge on any atom is 0.337 e. The first-order valence-corrected chi connectivity index (χ1v) is 7.96. The van der Waals surface area contributed by atoms with Gasteiger partial charge in [0.2, 0.25) is 0 Å². The van der Waals surface area contributed by atoms with Crippen molar-refractivity contribution < 1.29 is 9.53 Å². The van der Waals surface area contributed by atoms with E-state index in [9.17, 15) is 4.79 Å². The molecule has 0 saturated carbocycles. The minimum atomic E-state index is -0.353. The van der Waals surface area contributed by atoms with E-state index in [0.29, 0.717) is 12.1 Å². The van der Waals surface area contributed by atoms with E-state index < -0.39 is 0 Å². The zero-order valence-electron chi connectivity index (χ0n) is 14.2. The number of carbonyl (C=O) groups is 1. The molecule has 0 aliphatic heterocycles. The van der Waals surface area contributed by atoms with Crippen LogP contribution < -0.4 is 5.32 Å². The number of nitrogens with zero attached hydrogens (tertiary/aromatic N) is 2. The lowest BCUT2D eigenvalue weighted by Crippen LogP contribution is -2.07. The highest BCUT2D eigenvalue weighted by atomic mass is 16.5. The zero-order valence-corrected chi connectivity index (χ0v) is 14.2. The van der Waals surface area contributed by atoms with Gasteiger partial charge in [-0.3, -0.25) is 4.98 Å². The van der Waals surface area contributed by atoms with Crippen LogP contribution in [-0.2, 0) is 11.3 Å². The number of hydrogen-bond donors (Lipinski definition) is 1. The Morgan fingerprint density at radius 3 is 2.68 bits per heavy atom. The lowest BCUT2D eigenvalue weighted by atomic mass is 10.1. The molecule has 2 aromatic carbocycles. The Morgan fingerprint density at radius 2 is 1.92 bits per heavy atom. The van der Waals surface area contributed by atoms with Crippen molar-refractivity contribution in [3.05, 3.63) is 77.7 Å². The molecule has 0 atom stereocenters. The Hall–Kier alpha value is -3.21. The number of aromatic nitrogens is 2. The number of rotatable bonds is 5. The van der Waals surface area contributed by atoms with E-state index in [1.54, 1.807) is 24.5 Å². The van der Waals surface area contributed by atoms with Crippen LogP contribution in [0.25, 0.3) is 11.3 Å². The largest absolute Gasteiger partial charge is 0.465 e. The first-order chi connectivity index (χ1) is 12.2. The monoisotopic (exact) mass is 333 g/mol. The normalized spacial score (nSPS) is 10.3. The molecule has 0 radical (unpaired) electrons. The molecule has 1 N–H and O–H groups in total. The summed E-state index contributed by atoms with van der Waals surface area (Å²) in [5, 5.41) is 3.32. The van der Waals surface area contributed by atoms with Gasteiger partial charge < -0.3 is 10.1 Å². The van der Waals surface area contributed by atoms with Gasteiger partial charge in [0, 0.05) is 11.3 Å². The predicted molar refractivity (Wildman–Crippen MR) is 97.3 cm³/mol. The van der Waals surface area contributed by atoms with E-state index in [0.717, 1.165) is 28.2 Å². The number of methoxy groups -OCH3 is 1. The van der Waals surface area contributed by atoms with Crippen LogP contribution in [0.15, 0.2) is 60.9 Å². The molecule has 5 heteroatoms. The first kappa shape index (κ1) is 16.6. The fraction of sp³-hybridized carbons (Fsp3) is 0.150. The van der Waals surface area contributed by atoms with Gasteiger partial charge >= 0.3 is 5.97 Å². The smallest absolute Gasteiger partial charge is 0.337 e. The summed E-state index contributed by atoms with van der Waals surface area (Å²) in [5.74, 6) is -0.353. The molecule has 5 nitrogen and oxygen atoms in total. The van der Waals surface area contributed by atoms with Crippen LogP contribution in [0.2, 0.25) is 0 Å². The average molecular weight is 333 g/mol. The molecule has 0 aliphatic carbocycles. The number of aryl methyl sites for hydroxylation is 1. The Labute approximate surface area is 146 Å². The molecular formula is C20H19N3O2. The van der Waals surface area contributed by atoms with Crippen molar-refractivity contribution in [2.45, 2.75) is 13.5 Å². The molecule has 1 heterocycles. The van der Waals surface area contributed by atoms with Gasteiger partial charge in [0.1, 0.15) is 0 Å². The van der Waals surface area contributed by atoms with Crippen molar-refractivity contribution in [3.8, 4) is 11.3 Å². The summed E-state index contributed by atoms with van der Waals surface area (Å²) >= 11 is 0. The third-order valence-corrected chi connectivity index (χ3v) is 3.87. The molecule has 0 spiro atoms. The van der Waals surface area contributed by atoms with Crippen LogP contribution in [0, 0.1) is 6.92 Å².